The summed E-state index contributed by atoms with van der Waals surface area (Å²) in [4.78, 5) is 4.96. The smallest absolute Gasteiger partial charge is 0.0502 e. The minimum Gasteiger partial charge on any atom is -0.341 e. The number of fused-ring (bicyclic) bond motifs is 9. The molecule has 4 aliphatic rings. The van der Waals surface area contributed by atoms with E-state index in [4.69, 9.17) is 0 Å². The molecule has 0 aromatic heterocycles. The van der Waals surface area contributed by atoms with Crippen molar-refractivity contribution in [3.63, 3.8) is 0 Å². The molecule has 0 saturated heterocycles. The third-order valence-corrected chi connectivity index (χ3v) is 15.4. The van der Waals surface area contributed by atoms with Crippen molar-refractivity contribution in [2.45, 2.75) is 70.6 Å². The third kappa shape index (κ3) is 5.78. The highest BCUT2D eigenvalue weighted by atomic mass is 15.2. The van der Waals surface area contributed by atoms with Gasteiger partial charge in [-0.1, -0.05) is 175 Å². The first-order valence-electron chi connectivity index (χ1n) is 23.2. The van der Waals surface area contributed by atoms with Gasteiger partial charge in [-0.2, -0.15) is 0 Å². The van der Waals surface area contributed by atoms with Crippen LogP contribution >= 0.6 is 0 Å². The van der Waals surface area contributed by atoms with Crippen LogP contribution in [-0.4, -0.2) is 6.54 Å². The summed E-state index contributed by atoms with van der Waals surface area (Å²) in [6.07, 6.45) is 6.94. The Hall–Kier alpha value is -6.90. The average molecular weight is 827 g/mol. The van der Waals surface area contributed by atoms with Crippen LogP contribution in [0.1, 0.15) is 98.0 Å². The fraction of sp³-hybridized carbons (Fsp3) is 0.194. The lowest BCUT2D eigenvalue weighted by Gasteiger charge is -2.42. The molecule has 2 heteroatoms. The quantitative estimate of drug-likeness (QED) is 0.160. The molecule has 2 heterocycles. The molecule has 0 radical (unpaired) electrons. The van der Waals surface area contributed by atoms with Gasteiger partial charge in [-0.15, -0.1) is 0 Å². The minimum absolute atomic E-state index is 0.0735. The zero-order valence-electron chi connectivity index (χ0n) is 37.8. The normalized spacial score (nSPS) is 16.7. The second-order valence-corrected chi connectivity index (χ2v) is 20.1. The maximum Gasteiger partial charge on any atom is 0.0502 e. The number of para-hydroxylation sites is 3. The molecule has 64 heavy (non-hydrogen) atoms. The van der Waals surface area contributed by atoms with Crippen LogP contribution in [0.2, 0.25) is 0 Å². The van der Waals surface area contributed by atoms with Gasteiger partial charge in [-0.3, -0.25) is 0 Å². The van der Waals surface area contributed by atoms with Crippen LogP contribution in [0.3, 0.4) is 0 Å². The lowest BCUT2D eigenvalue weighted by Crippen LogP contribution is -2.30. The Morgan fingerprint density at radius 3 is 1.45 bits per heavy atom. The Labute approximate surface area is 379 Å². The van der Waals surface area contributed by atoms with E-state index in [0.29, 0.717) is 0 Å². The summed E-state index contributed by atoms with van der Waals surface area (Å²) in [5, 5.41) is 0. The van der Waals surface area contributed by atoms with Gasteiger partial charge in [0.2, 0.25) is 0 Å². The van der Waals surface area contributed by atoms with E-state index in [9.17, 15) is 0 Å². The average Bonchev–Trinajstić information content (AvgIpc) is 3.69. The van der Waals surface area contributed by atoms with Crippen molar-refractivity contribution in [1.82, 2.24) is 0 Å². The number of benzene rings is 8. The third-order valence-electron chi connectivity index (χ3n) is 15.4. The van der Waals surface area contributed by atoms with Gasteiger partial charge >= 0.3 is 0 Å². The Morgan fingerprint density at radius 1 is 0.391 bits per heavy atom. The number of hydrogen-bond acceptors (Lipinski definition) is 2. The molecule has 12 rings (SSSR count). The Kier molecular flexibility index (Phi) is 8.51. The maximum atomic E-state index is 2.52. The molecular formula is C62H54N2. The Morgan fingerprint density at radius 2 is 0.844 bits per heavy atom. The fourth-order valence-corrected chi connectivity index (χ4v) is 11.8. The van der Waals surface area contributed by atoms with Crippen LogP contribution in [0, 0.1) is 0 Å². The van der Waals surface area contributed by atoms with Crippen molar-refractivity contribution < 1.29 is 0 Å². The van der Waals surface area contributed by atoms with Gasteiger partial charge in [0.15, 0.2) is 0 Å². The number of hydrogen-bond donors (Lipinski definition) is 0. The first kappa shape index (κ1) is 38.7. The van der Waals surface area contributed by atoms with E-state index in [1.807, 2.05) is 0 Å². The highest BCUT2D eigenvalue weighted by Crippen LogP contribution is 2.54. The molecule has 2 aliphatic carbocycles. The van der Waals surface area contributed by atoms with E-state index < -0.39 is 0 Å². The largest absolute Gasteiger partial charge is 0.341 e. The van der Waals surface area contributed by atoms with Crippen molar-refractivity contribution in [2.24, 2.45) is 0 Å². The molecule has 0 amide bonds. The summed E-state index contributed by atoms with van der Waals surface area (Å²) >= 11 is 0. The summed E-state index contributed by atoms with van der Waals surface area (Å²) in [6, 6.07) is 64.2. The molecule has 0 atom stereocenters. The molecule has 0 fully saturated rings. The Balaban J connectivity index is 0.800. The van der Waals surface area contributed by atoms with E-state index >= 15 is 0 Å². The lowest BCUT2D eigenvalue weighted by molar-refractivity contribution is 0.632. The van der Waals surface area contributed by atoms with Crippen LogP contribution in [-0.2, 0) is 22.7 Å². The van der Waals surface area contributed by atoms with Crippen LogP contribution < -0.4 is 9.80 Å². The zero-order valence-corrected chi connectivity index (χ0v) is 37.8. The molecule has 0 spiro atoms. The van der Waals surface area contributed by atoms with E-state index in [1.165, 1.54) is 118 Å². The molecule has 0 N–H and O–H groups in total. The van der Waals surface area contributed by atoms with E-state index in [-0.39, 0.29) is 16.2 Å². The molecule has 0 unspecified atom stereocenters. The SMILES string of the molecule is CC1(C)c2cc(/C=C/c3ccc4c(c3)C(C)(C)c3cc(N5CCCc6ccccc65)ccc3-4)ccc2-c2ccc(-c3ccc(N4c5ccccc5C(C)(C)c5ccccc54)cc3)cc21. The molecule has 0 saturated carbocycles. The fourth-order valence-electron chi connectivity index (χ4n) is 11.8. The topological polar surface area (TPSA) is 6.48 Å². The number of rotatable bonds is 5. The van der Waals surface area contributed by atoms with Gasteiger partial charge in [0.25, 0.3) is 0 Å². The van der Waals surface area contributed by atoms with Crippen molar-refractivity contribution in [2.75, 3.05) is 16.3 Å². The number of anilines is 5. The first-order valence-corrected chi connectivity index (χ1v) is 23.2. The summed E-state index contributed by atoms with van der Waals surface area (Å²) in [7, 11) is 0. The predicted molar refractivity (Wildman–Crippen MR) is 271 cm³/mol. The maximum absolute atomic E-state index is 2.52. The van der Waals surface area contributed by atoms with Crippen molar-refractivity contribution >= 4 is 40.6 Å². The summed E-state index contributed by atoms with van der Waals surface area (Å²) in [5.41, 5.74) is 26.2. The van der Waals surface area contributed by atoms with Crippen LogP contribution in [0.15, 0.2) is 170 Å². The van der Waals surface area contributed by atoms with Gasteiger partial charge in [-0.05, 0) is 145 Å². The minimum atomic E-state index is -0.128. The molecule has 312 valence electrons. The van der Waals surface area contributed by atoms with Gasteiger partial charge in [0.05, 0.1) is 11.4 Å². The van der Waals surface area contributed by atoms with Crippen LogP contribution in [0.25, 0.3) is 45.5 Å². The van der Waals surface area contributed by atoms with Crippen molar-refractivity contribution in [1.29, 1.82) is 0 Å². The summed E-state index contributed by atoms with van der Waals surface area (Å²) in [5.74, 6) is 0. The second kappa shape index (κ2) is 14.1. The molecule has 2 aliphatic heterocycles. The molecular weight excluding hydrogens is 773 g/mol. The lowest BCUT2D eigenvalue weighted by atomic mass is 9.73. The second-order valence-electron chi connectivity index (χ2n) is 20.1. The Bertz CT molecular complexity index is 3180. The number of nitrogens with zero attached hydrogens (tertiary/aromatic N) is 2. The van der Waals surface area contributed by atoms with Gasteiger partial charge in [0.1, 0.15) is 0 Å². The molecule has 2 nitrogen and oxygen atoms in total. The zero-order chi connectivity index (χ0) is 43.5. The van der Waals surface area contributed by atoms with Crippen molar-refractivity contribution in [3.05, 3.63) is 220 Å². The van der Waals surface area contributed by atoms with Gasteiger partial charge in [0, 0.05) is 39.9 Å². The number of aryl methyl sites for hydroxylation is 1. The highest BCUT2D eigenvalue weighted by Gasteiger charge is 2.39. The van der Waals surface area contributed by atoms with E-state index in [0.717, 1.165) is 13.0 Å². The van der Waals surface area contributed by atoms with Crippen molar-refractivity contribution in [3.8, 4) is 33.4 Å². The summed E-state index contributed by atoms with van der Waals surface area (Å²) in [6.45, 7) is 15.3. The summed E-state index contributed by atoms with van der Waals surface area (Å²) < 4.78 is 0. The van der Waals surface area contributed by atoms with E-state index in [2.05, 4.69) is 233 Å². The van der Waals surface area contributed by atoms with Crippen LogP contribution in [0.4, 0.5) is 28.4 Å². The van der Waals surface area contributed by atoms with Gasteiger partial charge in [-0.25, -0.2) is 0 Å². The van der Waals surface area contributed by atoms with Crippen LogP contribution in [0.5, 0.6) is 0 Å². The highest BCUT2D eigenvalue weighted by molar-refractivity contribution is 5.89. The molecule has 0 bridgehead atoms. The van der Waals surface area contributed by atoms with Gasteiger partial charge < -0.3 is 9.80 Å². The van der Waals surface area contributed by atoms with E-state index in [1.54, 1.807) is 0 Å². The molecule has 8 aromatic carbocycles. The standard InChI is InChI=1S/C62H54N2/c1-60(2)51-16-8-11-19-58(51)64(59-20-12-9-17-52(59)60)45-28-25-42(26-29-45)44-27-33-49-47-31-23-40(36-53(47)61(3,4)55(49)38-44)21-22-41-24-32-48-50-34-30-46(39-56(50)62(5,6)54(48)37-41)63-35-13-15-43-14-7-10-18-57(43)63/h7-12,14,16-34,36-39H,13,15,35H2,1-6H3/b22-21+. The monoisotopic (exact) mass is 826 g/mol. The predicted octanol–water partition coefficient (Wildman–Crippen LogP) is 16.3. The first-order chi connectivity index (χ1) is 31.0. The molecule has 8 aromatic rings.